The molecule has 0 aliphatic carbocycles. The number of halogens is 1. The lowest BCUT2D eigenvalue weighted by molar-refractivity contribution is 0.173. The molecule has 17 heavy (non-hydrogen) atoms. The first-order chi connectivity index (χ1) is 8.20. The summed E-state index contributed by atoms with van der Waals surface area (Å²) >= 11 is 3.46. The van der Waals surface area contributed by atoms with Crippen LogP contribution >= 0.6 is 15.9 Å². The fourth-order valence-electron chi connectivity index (χ4n) is 1.65. The van der Waals surface area contributed by atoms with E-state index < -0.39 is 0 Å². The fraction of sp³-hybridized carbons (Fsp3) is 0.500. The van der Waals surface area contributed by atoms with E-state index in [1.807, 2.05) is 19.1 Å². The average Bonchev–Trinajstić information content (AvgIpc) is 2.77. The summed E-state index contributed by atoms with van der Waals surface area (Å²) in [4.78, 5) is 0. The third-order valence-corrected chi connectivity index (χ3v) is 3.21. The Morgan fingerprint density at radius 2 is 2.29 bits per heavy atom. The lowest BCUT2D eigenvalue weighted by Gasteiger charge is -2.10. The van der Waals surface area contributed by atoms with E-state index in [2.05, 4.69) is 21.2 Å². The van der Waals surface area contributed by atoms with Crippen LogP contribution in [-0.2, 0) is 6.54 Å². The van der Waals surface area contributed by atoms with Crippen LogP contribution in [0.2, 0.25) is 0 Å². The number of fused-ring (bicyclic) bond motifs is 1. The summed E-state index contributed by atoms with van der Waals surface area (Å²) in [6, 6.07) is 3.99. The quantitative estimate of drug-likeness (QED) is 0.872. The molecule has 1 aliphatic rings. The summed E-state index contributed by atoms with van der Waals surface area (Å²) in [7, 11) is 0. The number of hydrogen-bond acceptors (Lipinski definition) is 4. The van der Waals surface area contributed by atoms with Crippen molar-refractivity contribution in [1.82, 2.24) is 5.32 Å². The molecule has 0 saturated heterocycles. The van der Waals surface area contributed by atoms with Gasteiger partial charge in [-0.05, 0) is 39.5 Å². The number of aliphatic hydroxyl groups is 1. The van der Waals surface area contributed by atoms with E-state index in [1.165, 1.54) is 0 Å². The van der Waals surface area contributed by atoms with Crippen molar-refractivity contribution >= 4 is 15.9 Å². The van der Waals surface area contributed by atoms with Crippen molar-refractivity contribution in [3.05, 3.63) is 22.2 Å². The van der Waals surface area contributed by atoms with Gasteiger partial charge in [-0.15, -0.1) is 0 Å². The molecule has 1 atom stereocenters. The first kappa shape index (κ1) is 12.7. The Labute approximate surface area is 109 Å². The predicted molar refractivity (Wildman–Crippen MR) is 68.2 cm³/mol. The number of aliphatic hydroxyl groups excluding tert-OH is 1. The minimum Gasteiger partial charge on any atom is -0.454 e. The van der Waals surface area contributed by atoms with E-state index in [-0.39, 0.29) is 19.3 Å². The second kappa shape index (κ2) is 5.71. The van der Waals surface area contributed by atoms with Crippen molar-refractivity contribution in [2.24, 2.45) is 5.92 Å². The zero-order valence-electron chi connectivity index (χ0n) is 9.70. The van der Waals surface area contributed by atoms with Gasteiger partial charge in [0.05, 0.1) is 4.47 Å². The second-order valence-corrected chi connectivity index (χ2v) is 5.08. The molecular weight excluding hydrogens is 286 g/mol. The molecule has 0 bridgehead atoms. The fourth-order valence-corrected chi connectivity index (χ4v) is 2.25. The summed E-state index contributed by atoms with van der Waals surface area (Å²) in [6.45, 7) is 4.04. The van der Waals surface area contributed by atoms with E-state index in [0.717, 1.165) is 34.6 Å². The van der Waals surface area contributed by atoms with Crippen LogP contribution in [0, 0.1) is 5.92 Å². The molecule has 0 aromatic heterocycles. The van der Waals surface area contributed by atoms with Gasteiger partial charge in [0.25, 0.3) is 0 Å². The van der Waals surface area contributed by atoms with Gasteiger partial charge in [-0.2, -0.15) is 0 Å². The Balaban J connectivity index is 1.96. The first-order valence-corrected chi connectivity index (χ1v) is 6.39. The lowest BCUT2D eigenvalue weighted by atomic mass is 10.1. The van der Waals surface area contributed by atoms with E-state index >= 15 is 0 Å². The Hall–Kier alpha value is -0.780. The molecule has 1 aromatic carbocycles. The van der Waals surface area contributed by atoms with E-state index in [4.69, 9.17) is 14.6 Å². The monoisotopic (exact) mass is 301 g/mol. The molecule has 1 aromatic rings. The molecule has 94 valence electrons. The van der Waals surface area contributed by atoms with Crippen LogP contribution in [0.5, 0.6) is 11.5 Å². The summed E-state index contributed by atoms with van der Waals surface area (Å²) in [5, 5.41) is 12.2. The number of benzene rings is 1. The Bertz CT molecular complexity index is 398. The maximum atomic E-state index is 8.92. The van der Waals surface area contributed by atoms with Crippen LogP contribution in [0.4, 0.5) is 0 Å². The normalized spacial score (nSPS) is 15.0. The molecule has 0 amide bonds. The highest BCUT2D eigenvalue weighted by Gasteiger charge is 2.17. The molecule has 1 heterocycles. The van der Waals surface area contributed by atoms with Gasteiger partial charge in [0.15, 0.2) is 11.5 Å². The molecule has 0 spiro atoms. The molecule has 0 saturated carbocycles. The van der Waals surface area contributed by atoms with Crippen LogP contribution < -0.4 is 14.8 Å². The van der Waals surface area contributed by atoms with Crippen molar-refractivity contribution in [2.45, 2.75) is 13.5 Å². The van der Waals surface area contributed by atoms with Crippen LogP contribution in [0.1, 0.15) is 12.5 Å². The number of nitrogens with one attached hydrogen (secondary N) is 1. The minimum atomic E-state index is 0.206. The molecule has 1 aliphatic heterocycles. The van der Waals surface area contributed by atoms with Gasteiger partial charge in [0.1, 0.15) is 0 Å². The summed E-state index contributed by atoms with van der Waals surface area (Å²) < 4.78 is 11.6. The van der Waals surface area contributed by atoms with Crippen molar-refractivity contribution < 1.29 is 14.6 Å². The highest BCUT2D eigenvalue weighted by Crippen LogP contribution is 2.39. The lowest BCUT2D eigenvalue weighted by Crippen LogP contribution is -2.22. The van der Waals surface area contributed by atoms with E-state index in [0.29, 0.717) is 0 Å². The van der Waals surface area contributed by atoms with Crippen LogP contribution in [-0.4, -0.2) is 25.1 Å². The summed E-state index contributed by atoms with van der Waals surface area (Å²) in [6.07, 6.45) is 0. The van der Waals surface area contributed by atoms with Gasteiger partial charge in [-0.1, -0.05) is 6.92 Å². The highest BCUT2D eigenvalue weighted by atomic mass is 79.9. The van der Waals surface area contributed by atoms with Gasteiger partial charge in [0, 0.05) is 19.7 Å². The Morgan fingerprint density at radius 1 is 1.47 bits per heavy atom. The molecule has 0 unspecified atom stereocenters. The number of ether oxygens (including phenoxy) is 2. The van der Waals surface area contributed by atoms with Crippen molar-refractivity contribution in [3.8, 4) is 11.5 Å². The molecule has 5 heteroatoms. The zero-order chi connectivity index (χ0) is 12.3. The maximum absolute atomic E-state index is 8.92. The minimum absolute atomic E-state index is 0.206. The topological polar surface area (TPSA) is 50.7 Å². The van der Waals surface area contributed by atoms with Gasteiger partial charge < -0.3 is 19.9 Å². The van der Waals surface area contributed by atoms with Gasteiger partial charge in [-0.3, -0.25) is 0 Å². The van der Waals surface area contributed by atoms with Crippen molar-refractivity contribution in [3.63, 3.8) is 0 Å². The zero-order valence-corrected chi connectivity index (χ0v) is 11.3. The third-order valence-electron chi connectivity index (χ3n) is 2.62. The first-order valence-electron chi connectivity index (χ1n) is 5.60. The van der Waals surface area contributed by atoms with Crippen molar-refractivity contribution in [1.29, 1.82) is 0 Å². The smallest absolute Gasteiger partial charge is 0.231 e. The number of hydrogen-bond donors (Lipinski definition) is 2. The maximum Gasteiger partial charge on any atom is 0.231 e. The van der Waals surface area contributed by atoms with Gasteiger partial charge in [0.2, 0.25) is 6.79 Å². The Kier molecular flexibility index (Phi) is 4.25. The molecular formula is C12H16BrNO3. The van der Waals surface area contributed by atoms with E-state index in [9.17, 15) is 0 Å². The Morgan fingerprint density at radius 3 is 3.06 bits per heavy atom. The molecule has 4 nitrogen and oxygen atoms in total. The highest BCUT2D eigenvalue weighted by molar-refractivity contribution is 9.10. The van der Waals surface area contributed by atoms with Crippen LogP contribution in [0.15, 0.2) is 16.6 Å². The average molecular weight is 302 g/mol. The molecule has 2 N–H and O–H groups in total. The molecule has 0 fully saturated rings. The molecule has 0 radical (unpaired) electrons. The summed E-state index contributed by atoms with van der Waals surface area (Å²) in [5.74, 6) is 1.83. The largest absolute Gasteiger partial charge is 0.454 e. The summed E-state index contributed by atoms with van der Waals surface area (Å²) in [5.41, 5.74) is 1.13. The van der Waals surface area contributed by atoms with Crippen molar-refractivity contribution in [2.75, 3.05) is 19.9 Å². The van der Waals surface area contributed by atoms with Crippen LogP contribution in [0.25, 0.3) is 0 Å². The SMILES string of the molecule is C[C@H](CO)CNCc1cc(Br)c2c(c1)OCO2. The van der Waals surface area contributed by atoms with E-state index in [1.54, 1.807) is 0 Å². The molecule has 2 rings (SSSR count). The van der Waals surface area contributed by atoms with Gasteiger partial charge in [-0.25, -0.2) is 0 Å². The van der Waals surface area contributed by atoms with Gasteiger partial charge >= 0.3 is 0 Å². The predicted octanol–water partition coefficient (Wildman–Crippen LogP) is 1.90. The standard InChI is InChI=1S/C12H16BrNO3/c1-8(6-15)4-14-5-9-2-10(13)12-11(3-9)16-7-17-12/h2-3,8,14-15H,4-7H2,1H3/t8-/m0/s1. The second-order valence-electron chi connectivity index (χ2n) is 4.23. The number of rotatable bonds is 5. The third kappa shape index (κ3) is 3.12. The van der Waals surface area contributed by atoms with Crippen LogP contribution in [0.3, 0.4) is 0 Å².